The molecule has 2 aromatic carbocycles. The fourth-order valence-corrected chi connectivity index (χ4v) is 10.7. The van der Waals surface area contributed by atoms with Crippen molar-refractivity contribution in [2.75, 3.05) is 25.4 Å². The van der Waals surface area contributed by atoms with Crippen LogP contribution in [0.2, 0.25) is 0 Å². The van der Waals surface area contributed by atoms with Crippen LogP contribution in [0.15, 0.2) is 53.6 Å². The molecule has 0 saturated carbocycles. The van der Waals surface area contributed by atoms with Gasteiger partial charge in [-0.3, -0.25) is 47.9 Å². The Labute approximate surface area is 436 Å². The number of nitrogens with one attached hydrogen (secondary N) is 9. The van der Waals surface area contributed by atoms with Gasteiger partial charge in [-0.25, -0.2) is 13.2 Å². The zero-order valence-corrected chi connectivity index (χ0v) is 43.0. The molecule has 27 heteroatoms. The number of amides is 10. The van der Waals surface area contributed by atoms with Gasteiger partial charge in [-0.15, -0.1) is 0 Å². The number of nitrogens with two attached hydrogens (primary N) is 1. The molecule has 4 heterocycles. The normalized spacial score (nSPS) is 24.9. The first kappa shape index (κ1) is 57.3. The van der Waals surface area contributed by atoms with Gasteiger partial charge >= 0.3 is 11.9 Å². The molecule has 410 valence electrons. The summed E-state index contributed by atoms with van der Waals surface area (Å²) in [5.74, 6) is -14.5. The minimum atomic E-state index is -5.01. The van der Waals surface area contributed by atoms with Gasteiger partial charge in [0.25, 0.3) is 0 Å². The topological polar surface area (TPSA) is 393 Å². The van der Waals surface area contributed by atoms with Crippen molar-refractivity contribution < 1.29 is 71.0 Å². The van der Waals surface area contributed by atoms with Crippen LogP contribution in [0.3, 0.4) is 0 Å². The zero-order valence-electron chi connectivity index (χ0n) is 42.2. The highest BCUT2D eigenvalue weighted by molar-refractivity contribution is 7.91. The number of H-pyrrole nitrogens is 1. The van der Waals surface area contributed by atoms with E-state index in [0.29, 0.717) is 12.0 Å². The van der Waals surface area contributed by atoms with Crippen LogP contribution in [0, 0.1) is 11.8 Å². The number of nitrogens with zero attached hydrogens (tertiary/aromatic N) is 1. The molecule has 26 nitrogen and oxygen atoms in total. The lowest BCUT2D eigenvalue weighted by Crippen LogP contribution is -2.61. The van der Waals surface area contributed by atoms with Gasteiger partial charge in [-0.2, -0.15) is 0 Å². The van der Waals surface area contributed by atoms with E-state index in [0.717, 1.165) is 4.90 Å². The average Bonchev–Trinajstić information content (AvgIpc) is 3.98. The van der Waals surface area contributed by atoms with Crippen molar-refractivity contribution in [3.8, 4) is 0 Å². The molecule has 10 amide bonds. The Morgan fingerprint density at radius 1 is 0.776 bits per heavy atom. The Balaban J connectivity index is 1.53. The van der Waals surface area contributed by atoms with Crippen LogP contribution in [-0.2, 0) is 86.9 Å². The van der Waals surface area contributed by atoms with Crippen molar-refractivity contribution in [3.63, 3.8) is 0 Å². The quantitative estimate of drug-likeness (QED) is 0.0692. The first-order valence-corrected chi connectivity index (χ1v) is 26.3. The van der Waals surface area contributed by atoms with E-state index in [1.54, 1.807) is 58.0 Å². The van der Waals surface area contributed by atoms with E-state index in [9.17, 15) is 57.8 Å². The summed E-state index contributed by atoms with van der Waals surface area (Å²) in [5, 5.41) is 29.7. The first-order chi connectivity index (χ1) is 36.0. The number of carbonyl (C=O) groups excluding carboxylic acids is 11. The number of hydrogen-bond donors (Lipinski definition) is 11. The number of aromatic nitrogens is 1. The molecule has 12 N–H and O–H groups in total. The van der Waals surface area contributed by atoms with E-state index in [4.69, 9.17) is 10.5 Å². The van der Waals surface area contributed by atoms with Crippen LogP contribution in [0.1, 0.15) is 70.1 Å². The summed E-state index contributed by atoms with van der Waals surface area (Å²) < 4.78 is 35.4. The van der Waals surface area contributed by atoms with Crippen LogP contribution in [0.25, 0.3) is 10.9 Å². The summed E-state index contributed by atoms with van der Waals surface area (Å²) >= 11 is 0. The van der Waals surface area contributed by atoms with Gasteiger partial charge in [0, 0.05) is 31.3 Å². The van der Waals surface area contributed by atoms with Gasteiger partial charge in [0.1, 0.15) is 47.9 Å². The molecule has 1 aromatic heterocycles. The van der Waals surface area contributed by atoms with Gasteiger partial charge in [0.05, 0.1) is 36.9 Å². The summed E-state index contributed by atoms with van der Waals surface area (Å²) in [4.78, 5) is 155. The molecular weight excluding hydrogens is 1010 g/mol. The monoisotopic (exact) mass is 1080 g/mol. The maximum atomic E-state index is 15.1. The number of fused-ring (bicyclic) bond motifs is 5. The second kappa shape index (κ2) is 25.1. The molecule has 3 aromatic rings. The van der Waals surface area contributed by atoms with Crippen LogP contribution < -0.4 is 48.3 Å². The Morgan fingerprint density at radius 3 is 2.08 bits per heavy atom. The molecular formula is C49H63N11O15S. The summed E-state index contributed by atoms with van der Waals surface area (Å²) in [6.07, 6.45) is -2.73. The van der Waals surface area contributed by atoms with Crippen LogP contribution in [0.5, 0.6) is 0 Å². The molecule has 0 aliphatic carbocycles. The minimum absolute atomic E-state index is 0.0131. The van der Waals surface area contributed by atoms with Crippen molar-refractivity contribution in [2.45, 2.75) is 120 Å². The Morgan fingerprint density at radius 2 is 1.42 bits per heavy atom. The number of aliphatic hydroxyl groups is 1. The van der Waals surface area contributed by atoms with Gasteiger partial charge in [-0.05, 0) is 28.5 Å². The summed E-state index contributed by atoms with van der Waals surface area (Å²) in [6.45, 7) is 3.83. The lowest BCUT2D eigenvalue weighted by Gasteiger charge is -2.32. The number of ether oxygens (including phenoxy) is 1. The van der Waals surface area contributed by atoms with E-state index in [1.807, 2.05) is 0 Å². The van der Waals surface area contributed by atoms with E-state index in [1.165, 1.54) is 18.2 Å². The molecule has 1 saturated heterocycles. The molecule has 3 aliphatic heterocycles. The van der Waals surface area contributed by atoms with Gasteiger partial charge in [0.2, 0.25) is 53.2 Å². The number of para-hydroxylation sites is 1. The number of hydrogen-bond acceptors (Lipinski definition) is 15. The molecule has 6 rings (SSSR count). The highest BCUT2D eigenvalue weighted by Crippen LogP contribution is 2.31. The number of carbonyl (C=O) groups is 11. The molecule has 3 aliphatic rings. The van der Waals surface area contributed by atoms with Gasteiger partial charge in [-0.1, -0.05) is 89.1 Å². The van der Waals surface area contributed by atoms with Gasteiger partial charge in [0.15, 0.2) is 9.84 Å². The van der Waals surface area contributed by atoms with Crippen LogP contribution in [-0.4, -0.2) is 156 Å². The second-order valence-electron chi connectivity index (χ2n) is 19.0. The van der Waals surface area contributed by atoms with Gasteiger partial charge < -0.3 is 68.0 Å². The van der Waals surface area contributed by atoms with Crippen molar-refractivity contribution in [1.82, 2.24) is 52.4 Å². The smallest absolute Gasteiger partial charge is 0.397 e. The molecule has 2 bridgehead atoms. The molecule has 76 heavy (non-hydrogen) atoms. The minimum Gasteiger partial charge on any atom is -0.454 e. The second-order valence-corrected chi connectivity index (χ2v) is 21.0. The Hall–Kier alpha value is -7.94. The molecule has 9 atom stereocenters. The Kier molecular flexibility index (Phi) is 18.9. The van der Waals surface area contributed by atoms with Crippen LogP contribution >= 0.6 is 0 Å². The highest BCUT2D eigenvalue weighted by Gasteiger charge is 2.45. The largest absolute Gasteiger partial charge is 0.454 e. The molecule has 0 spiro atoms. The van der Waals surface area contributed by atoms with Crippen molar-refractivity contribution in [2.24, 2.45) is 17.6 Å². The summed E-state index contributed by atoms with van der Waals surface area (Å²) in [7, 11) is -5.01. The standard InChI is InChI=1S/C49H63N11O15S/c1-5-24(3)38-44(68)53-19-36(63)54-33-23-76(73,74)47-30(29-14-10-13-27(40(29)59-47)18-51-46(70)49(72)75-22-26-11-8-7-9-12-26)16-31(41(65)52-20-37(64)57-38)55-45(69)39(25(4)6-2)58-43(67)34-15-28(61)21-60(34)48(71)32(17-35(50)62)56-42(33)66/h7-14,24-25,28,31-34,38-39,59,61H,5-6,15-23H2,1-4H3,(H2,50,62)(H,51,70)(H,52,65)(H,53,68)(H,54,63)(H,55,69)(H,56,66)(H,57,64)(H,58,67)/t24-,25?,28+,31+,32?,33-,34-,38-,39-/m0/s1. The third-order valence-corrected chi connectivity index (χ3v) is 15.3. The maximum Gasteiger partial charge on any atom is 0.397 e. The van der Waals surface area contributed by atoms with E-state index >= 15 is 8.42 Å². The molecule has 2 unspecified atom stereocenters. The zero-order chi connectivity index (χ0) is 55.6. The van der Waals surface area contributed by atoms with E-state index in [-0.39, 0.29) is 41.5 Å². The van der Waals surface area contributed by atoms with Crippen molar-refractivity contribution in [3.05, 3.63) is 65.2 Å². The third-order valence-electron chi connectivity index (χ3n) is 13.6. The number of esters is 1. The predicted octanol–water partition coefficient (Wildman–Crippen LogP) is -3.54. The van der Waals surface area contributed by atoms with Crippen molar-refractivity contribution in [1.29, 1.82) is 0 Å². The highest BCUT2D eigenvalue weighted by atomic mass is 32.2. The van der Waals surface area contributed by atoms with E-state index < -0.39 is 179 Å². The summed E-state index contributed by atoms with van der Waals surface area (Å²) in [6, 6.07) is 2.75. The fourth-order valence-electron chi connectivity index (χ4n) is 8.99. The van der Waals surface area contributed by atoms with Crippen LogP contribution in [0.4, 0.5) is 0 Å². The molecule has 0 radical (unpaired) electrons. The number of aromatic amines is 1. The maximum absolute atomic E-state index is 15.1. The molecule has 1 fully saturated rings. The number of primary amides is 1. The summed E-state index contributed by atoms with van der Waals surface area (Å²) in [5.41, 5.74) is 6.12. The van der Waals surface area contributed by atoms with Crippen molar-refractivity contribution >= 4 is 85.8 Å². The lowest BCUT2D eigenvalue weighted by atomic mass is 9.96. The third kappa shape index (κ3) is 14.1. The first-order valence-electron chi connectivity index (χ1n) is 24.7. The lowest BCUT2D eigenvalue weighted by molar-refractivity contribution is -0.156. The number of rotatable bonds is 10. The predicted molar refractivity (Wildman–Crippen MR) is 267 cm³/mol. The number of sulfone groups is 1. The average molecular weight is 1080 g/mol. The number of aliphatic hydroxyl groups excluding tert-OH is 1. The Bertz CT molecular complexity index is 2880. The SMILES string of the molecule is CCC(C)[C@@H]1NC(=O)[C@@H]2C[C@@H](O)CN2C(=O)C(CC(N)=O)NC(=O)[C@@H]2CS(=O)(=O)c3[nH]c4c(CNC(=O)C(=O)OCc5ccccc5)cccc4c3C[C@@H](NC1=O)C(=O)NCC(=O)N[C@@H]([C@@H](C)CC)C(=O)NCC(=O)N2. The fraction of sp³-hybridized carbons (Fsp3) is 0.490. The van der Waals surface area contributed by atoms with E-state index in [2.05, 4.69) is 47.5 Å². The number of benzene rings is 2.